The highest BCUT2D eigenvalue weighted by Gasteiger charge is 2.31. The number of aliphatic hydroxyl groups excluding tert-OH is 1. The van der Waals surface area contributed by atoms with Crippen LogP contribution in [0.4, 0.5) is 4.39 Å². The molecule has 0 spiro atoms. The molecule has 2 saturated carbocycles. The van der Waals surface area contributed by atoms with Crippen LogP contribution in [-0.4, -0.2) is 57.2 Å². The molecule has 2 aliphatic rings. The van der Waals surface area contributed by atoms with Gasteiger partial charge in [-0.15, -0.1) is 0 Å². The molecule has 196 valence electrons. The van der Waals surface area contributed by atoms with Crippen LogP contribution in [0.25, 0.3) is 22.3 Å². The van der Waals surface area contributed by atoms with E-state index >= 15 is 0 Å². The van der Waals surface area contributed by atoms with Gasteiger partial charge < -0.3 is 25.5 Å². The number of fused-ring (bicyclic) bond motifs is 1. The number of aliphatic hydroxyl groups is 1. The van der Waals surface area contributed by atoms with Crippen LogP contribution in [0, 0.1) is 24.6 Å². The number of nitrogens with one attached hydrogen (secondary N) is 3. The number of amides is 2. The third-order valence-corrected chi connectivity index (χ3v) is 7.36. The number of aryl methyl sites for hydroxylation is 1. The van der Waals surface area contributed by atoms with Crippen molar-refractivity contribution < 1.29 is 23.8 Å². The number of hydrogen-bond acceptors (Lipinski definition) is 6. The van der Waals surface area contributed by atoms with Gasteiger partial charge in [0.25, 0.3) is 5.91 Å². The van der Waals surface area contributed by atoms with Gasteiger partial charge in [0.15, 0.2) is 0 Å². The Morgan fingerprint density at radius 3 is 2.73 bits per heavy atom. The van der Waals surface area contributed by atoms with Crippen LogP contribution in [0.15, 0.2) is 24.5 Å². The van der Waals surface area contributed by atoms with Crippen molar-refractivity contribution >= 4 is 22.8 Å². The molecule has 5 rings (SSSR count). The number of halogens is 1. The van der Waals surface area contributed by atoms with E-state index in [0.717, 1.165) is 12.8 Å². The molecule has 9 nitrogen and oxygen atoms in total. The highest BCUT2D eigenvalue weighted by molar-refractivity contribution is 6.09. The number of carbonyl (C=O) groups excluding carboxylic acids is 2. The van der Waals surface area contributed by atoms with Crippen LogP contribution in [0.1, 0.15) is 55.1 Å². The summed E-state index contributed by atoms with van der Waals surface area (Å²) in [4.78, 5) is 37.0. The molecule has 0 unspecified atom stereocenters. The summed E-state index contributed by atoms with van der Waals surface area (Å²) in [7, 11) is 0. The van der Waals surface area contributed by atoms with Crippen molar-refractivity contribution in [1.82, 2.24) is 25.6 Å². The van der Waals surface area contributed by atoms with Crippen molar-refractivity contribution in [2.24, 2.45) is 11.8 Å². The zero-order valence-corrected chi connectivity index (χ0v) is 21.0. The Labute approximate surface area is 214 Å². The van der Waals surface area contributed by atoms with Crippen molar-refractivity contribution in [3.05, 3.63) is 41.6 Å². The second-order valence-electron chi connectivity index (χ2n) is 10.3. The lowest BCUT2D eigenvalue weighted by atomic mass is 9.82. The second-order valence-corrected chi connectivity index (χ2v) is 10.3. The van der Waals surface area contributed by atoms with E-state index in [9.17, 15) is 14.0 Å². The summed E-state index contributed by atoms with van der Waals surface area (Å²) in [5, 5.41) is 15.0. The largest absolute Gasteiger partial charge is 0.493 e. The lowest BCUT2D eigenvalue weighted by Crippen LogP contribution is -2.48. The van der Waals surface area contributed by atoms with E-state index < -0.39 is 12.4 Å². The number of aromatic nitrogens is 3. The molecule has 0 aliphatic heterocycles. The van der Waals surface area contributed by atoms with Gasteiger partial charge in [-0.25, -0.2) is 14.4 Å². The van der Waals surface area contributed by atoms with Crippen molar-refractivity contribution in [2.75, 3.05) is 13.2 Å². The Kier molecular flexibility index (Phi) is 7.10. The summed E-state index contributed by atoms with van der Waals surface area (Å²) in [5.74, 6) is 0.189. The molecule has 2 aromatic heterocycles. The predicted molar refractivity (Wildman–Crippen MR) is 136 cm³/mol. The summed E-state index contributed by atoms with van der Waals surface area (Å²) >= 11 is 0. The number of benzene rings is 1. The Morgan fingerprint density at radius 2 is 2.00 bits per heavy atom. The highest BCUT2D eigenvalue weighted by Crippen LogP contribution is 2.37. The molecule has 0 radical (unpaired) electrons. The standard InChI is InChI=1S/C27H32FN5O4/c1-14-9-18(32-22(35)11-34)6-7-20(14)33-27(36)23-15(2)31-26-24(29-13-30-25(23)26)19-10-17(28)5-8-21(19)37-12-16-3-4-16/h5,8,10,13-14,16,18,20,31,34H,3-4,6-7,9,11-12H2,1-2H3,(H,32,35)(H,33,36)/t14-,18+,20+/m1/s1. The Balaban J connectivity index is 1.39. The number of carbonyl (C=O) groups is 2. The number of hydrogen-bond donors (Lipinski definition) is 4. The Bertz CT molecular complexity index is 1320. The quantitative estimate of drug-likeness (QED) is 0.369. The van der Waals surface area contributed by atoms with Crippen LogP contribution in [0.2, 0.25) is 0 Å². The molecule has 0 bridgehead atoms. The van der Waals surface area contributed by atoms with Gasteiger partial charge in [-0.05, 0) is 69.1 Å². The third kappa shape index (κ3) is 5.44. The topological polar surface area (TPSA) is 129 Å². The smallest absolute Gasteiger partial charge is 0.255 e. The molecule has 2 heterocycles. The molecule has 0 saturated heterocycles. The number of rotatable bonds is 8. The minimum absolute atomic E-state index is 0.0180. The van der Waals surface area contributed by atoms with Crippen molar-refractivity contribution in [1.29, 1.82) is 0 Å². The molecule has 3 atom stereocenters. The minimum atomic E-state index is -0.529. The van der Waals surface area contributed by atoms with Crippen LogP contribution in [0.5, 0.6) is 5.75 Å². The fraction of sp³-hybridized carbons (Fsp3) is 0.481. The molecule has 2 fully saturated rings. The van der Waals surface area contributed by atoms with E-state index in [1.807, 2.05) is 6.92 Å². The molecule has 10 heteroatoms. The zero-order chi connectivity index (χ0) is 26.1. The lowest BCUT2D eigenvalue weighted by molar-refractivity contribution is -0.124. The number of H-pyrrole nitrogens is 1. The maximum Gasteiger partial charge on any atom is 0.255 e. The average Bonchev–Trinajstić information content (AvgIpc) is 3.64. The summed E-state index contributed by atoms with van der Waals surface area (Å²) < 4.78 is 20.3. The third-order valence-electron chi connectivity index (χ3n) is 7.36. The fourth-order valence-electron chi connectivity index (χ4n) is 5.16. The van der Waals surface area contributed by atoms with Gasteiger partial charge in [0.2, 0.25) is 5.91 Å². The van der Waals surface area contributed by atoms with E-state index in [0.29, 0.717) is 71.1 Å². The molecule has 3 aromatic rings. The molecule has 37 heavy (non-hydrogen) atoms. The monoisotopic (exact) mass is 509 g/mol. The molecule has 2 amide bonds. The highest BCUT2D eigenvalue weighted by atomic mass is 19.1. The maximum absolute atomic E-state index is 14.3. The Hall–Kier alpha value is -3.53. The van der Waals surface area contributed by atoms with Gasteiger partial charge in [0.1, 0.15) is 35.7 Å². The zero-order valence-electron chi connectivity index (χ0n) is 21.0. The first kappa shape index (κ1) is 25.1. The van der Waals surface area contributed by atoms with Crippen LogP contribution < -0.4 is 15.4 Å². The van der Waals surface area contributed by atoms with Gasteiger partial charge in [0, 0.05) is 23.3 Å². The molecule has 4 N–H and O–H groups in total. The first-order valence-corrected chi connectivity index (χ1v) is 12.8. The van der Waals surface area contributed by atoms with E-state index in [1.54, 1.807) is 13.0 Å². The molecular weight excluding hydrogens is 477 g/mol. The lowest BCUT2D eigenvalue weighted by Gasteiger charge is -2.35. The number of nitrogens with zero attached hydrogens (tertiary/aromatic N) is 2. The molecule has 1 aromatic carbocycles. The number of ether oxygens (including phenoxy) is 1. The summed E-state index contributed by atoms with van der Waals surface area (Å²) in [6.45, 7) is 3.89. The van der Waals surface area contributed by atoms with Crippen LogP contribution in [0.3, 0.4) is 0 Å². The number of aromatic amines is 1. The van der Waals surface area contributed by atoms with Crippen molar-refractivity contribution in [3.8, 4) is 17.0 Å². The minimum Gasteiger partial charge on any atom is -0.493 e. The van der Waals surface area contributed by atoms with E-state index in [-0.39, 0.29) is 29.8 Å². The fourth-order valence-corrected chi connectivity index (χ4v) is 5.16. The normalized spacial score (nSPS) is 21.6. The summed E-state index contributed by atoms with van der Waals surface area (Å²) in [6, 6.07) is 4.30. The molecule has 2 aliphatic carbocycles. The average molecular weight is 510 g/mol. The van der Waals surface area contributed by atoms with Crippen LogP contribution in [-0.2, 0) is 4.79 Å². The maximum atomic E-state index is 14.3. The van der Waals surface area contributed by atoms with Crippen molar-refractivity contribution in [2.45, 2.75) is 58.0 Å². The summed E-state index contributed by atoms with van der Waals surface area (Å²) in [6.07, 6.45) is 5.79. The second kappa shape index (κ2) is 10.5. The molecular formula is C27H32FN5O4. The predicted octanol–water partition coefficient (Wildman–Crippen LogP) is 3.26. The van der Waals surface area contributed by atoms with E-state index in [2.05, 4.69) is 25.6 Å². The SMILES string of the molecule is Cc1[nH]c2c(-c3cc(F)ccc3OCC3CC3)ncnc2c1C(=O)N[C@H]1CC[C@H](NC(=O)CO)C[C@H]1C. The first-order chi connectivity index (χ1) is 17.8. The van der Waals surface area contributed by atoms with Gasteiger partial charge in [0.05, 0.1) is 17.7 Å². The van der Waals surface area contributed by atoms with Gasteiger partial charge in [-0.3, -0.25) is 9.59 Å². The summed E-state index contributed by atoms with van der Waals surface area (Å²) in [5.41, 5.74) is 3.08. The van der Waals surface area contributed by atoms with Gasteiger partial charge in [-0.1, -0.05) is 6.92 Å². The van der Waals surface area contributed by atoms with E-state index in [1.165, 1.54) is 18.5 Å². The van der Waals surface area contributed by atoms with Gasteiger partial charge in [-0.2, -0.15) is 0 Å². The van der Waals surface area contributed by atoms with Crippen molar-refractivity contribution in [3.63, 3.8) is 0 Å². The van der Waals surface area contributed by atoms with Gasteiger partial charge >= 0.3 is 0 Å². The van der Waals surface area contributed by atoms with Crippen LogP contribution >= 0.6 is 0 Å². The Morgan fingerprint density at radius 1 is 1.19 bits per heavy atom. The first-order valence-electron chi connectivity index (χ1n) is 12.8. The van der Waals surface area contributed by atoms with E-state index in [4.69, 9.17) is 9.84 Å².